The number of aromatic nitrogens is 1. The first-order valence-corrected chi connectivity index (χ1v) is 13.4. The fourth-order valence-electron chi connectivity index (χ4n) is 4.46. The van der Waals surface area contributed by atoms with Crippen LogP contribution in [0.4, 0.5) is 0 Å². The molecule has 176 valence electrons. The molecule has 3 amide bonds. The van der Waals surface area contributed by atoms with Crippen molar-refractivity contribution < 1.29 is 14.4 Å². The Morgan fingerprint density at radius 3 is 2.97 bits per heavy atom. The van der Waals surface area contributed by atoms with Crippen LogP contribution in [0.3, 0.4) is 0 Å². The van der Waals surface area contributed by atoms with Gasteiger partial charge < -0.3 is 10.2 Å². The molecule has 9 heteroatoms. The second-order valence-electron chi connectivity index (χ2n) is 8.67. The van der Waals surface area contributed by atoms with Gasteiger partial charge in [0.1, 0.15) is 5.01 Å². The molecule has 1 fully saturated rings. The van der Waals surface area contributed by atoms with Crippen molar-refractivity contribution in [3.05, 3.63) is 45.4 Å². The van der Waals surface area contributed by atoms with Gasteiger partial charge in [-0.05, 0) is 43.9 Å². The summed E-state index contributed by atoms with van der Waals surface area (Å²) in [4.78, 5) is 42.7. The van der Waals surface area contributed by atoms with E-state index in [0.717, 1.165) is 39.0 Å². The predicted molar refractivity (Wildman–Crippen MR) is 130 cm³/mol. The summed E-state index contributed by atoms with van der Waals surface area (Å²) in [5.74, 6) is 0.453. The molecule has 1 saturated carbocycles. The Balaban J connectivity index is 1.33. The number of fused-ring (bicyclic) bond motifs is 1. The summed E-state index contributed by atoms with van der Waals surface area (Å²) in [6, 6.07) is 6.43. The van der Waals surface area contributed by atoms with Gasteiger partial charge in [-0.1, -0.05) is 18.9 Å². The number of carbonyl (C=O) groups is 3. The largest absolute Gasteiger partial charge is 0.332 e. The first kappa shape index (κ1) is 23.9. The molecule has 0 bridgehead atoms. The molecule has 2 N–H and O–H groups in total. The Morgan fingerprint density at radius 1 is 1.36 bits per heavy atom. The van der Waals surface area contributed by atoms with E-state index in [2.05, 4.69) is 22.1 Å². The number of nitrogens with zero attached hydrogens (tertiary/aromatic N) is 2. The lowest BCUT2D eigenvalue weighted by atomic mass is 10.1. The summed E-state index contributed by atoms with van der Waals surface area (Å²) in [6.45, 7) is 3.33. The van der Waals surface area contributed by atoms with Crippen molar-refractivity contribution in [3.8, 4) is 0 Å². The topological polar surface area (TPSA) is 91.4 Å². The molecule has 1 aliphatic carbocycles. The lowest BCUT2D eigenvalue weighted by Crippen LogP contribution is -2.34. The summed E-state index contributed by atoms with van der Waals surface area (Å²) >= 11 is 3.42. The molecule has 0 radical (unpaired) electrons. The molecule has 1 aliphatic heterocycles. The van der Waals surface area contributed by atoms with E-state index in [1.807, 2.05) is 24.0 Å². The molecule has 2 aromatic rings. The molecule has 33 heavy (non-hydrogen) atoms. The Labute approximate surface area is 202 Å². The van der Waals surface area contributed by atoms with Crippen molar-refractivity contribution in [3.63, 3.8) is 0 Å². The van der Waals surface area contributed by atoms with Crippen molar-refractivity contribution in [2.75, 3.05) is 0 Å². The van der Waals surface area contributed by atoms with E-state index in [0.29, 0.717) is 25.4 Å². The molecule has 1 aromatic heterocycles. The van der Waals surface area contributed by atoms with E-state index in [9.17, 15) is 14.4 Å². The van der Waals surface area contributed by atoms with Gasteiger partial charge in [0, 0.05) is 53.2 Å². The number of amides is 3. The maximum absolute atomic E-state index is 13.0. The van der Waals surface area contributed by atoms with E-state index in [1.165, 1.54) is 25.7 Å². The molecule has 4 rings (SSSR count). The normalized spacial score (nSPS) is 16.8. The second-order valence-corrected chi connectivity index (χ2v) is 10.6. The van der Waals surface area contributed by atoms with Crippen LogP contribution in [0.1, 0.15) is 72.1 Å². The number of hydrogen-bond acceptors (Lipinski definition) is 7. The number of benzene rings is 1. The Hall–Kier alpha value is -2.23. The molecular weight excluding hydrogens is 456 g/mol. The van der Waals surface area contributed by atoms with Gasteiger partial charge in [0.15, 0.2) is 0 Å². The first-order valence-electron chi connectivity index (χ1n) is 11.5. The van der Waals surface area contributed by atoms with E-state index >= 15 is 0 Å². The van der Waals surface area contributed by atoms with Gasteiger partial charge in [0.2, 0.25) is 12.3 Å². The third kappa shape index (κ3) is 6.02. The molecule has 1 atom stereocenters. The van der Waals surface area contributed by atoms with Crippen LogP contribution in [0.2, 0.25) is 0 Å². The third-order valence-electron chi connectivity index (χ3n) is 6.37. The van der Waals surface area contributed by atoms with Gasteiger partial charge in [-0.15, -0.1) is 23.1 Å². The van der Waals surface area contributed by atoms with E-state index in [1.54, 1.807) is 23.1 Å². The van der Waals surface area contributed by atoms with Crippen LogP contribution in [-0.4, -0.2) is 40.2 Å². The van der Waals surface area contributed by atoms with Crippen LogP contribution in [0.15, 0.2) is 28.5 Å². The van der Waals surface area contributed by atoms with Crippen LogP contribution in [-0.2, 0) is 28.4 Å². The van der Waals surface area contributed by atoms with Crippen molar-refractivity contribution in [1.82, 2.24) is 20.5 Å². The Bertz CT molecular complexity index is 1000. The molecule has 2 aliphatic rings. The summed E-state index contributed by atoms with van der Waals surface area (Å²) in [6.07, 6.45) is 6.31. The van der Waals surface area contributed by atoms with Gasteiger partial charge in [0.05, 0.1) is 5.69 Å². The molecule has 7 nitrogen and oxygen atoms in total. The lowest BCUT2D eigenvalue weighted by Gasteiger charge is -2.24. The average Bonchev–Trinajstić information content (AvgIpc) is 3.56. The van der Waals surface area contributed by atoms with Crippen molar-refractivity contribution >= 4 is 41.3 Å². The molecule has 2 heterocycles. The van der Waals surface area contributed by atoms with Crippen LogP contribution in [0, 0.1) is 0 Å². The summed E-state index contributed by atoms with van der Waals surface area (Å²) in [5, 5.41) is 9.03. The Kier molecular flexibility index (Phi) is 8.16. The van der Waals surface area contributed by atoms with E-state index in [-0.39, 0.29) is 24.3 Å². The Morgan fingerprint density at radius 2 is 2.18 bits per heavy atom. The number of thioether (sulfide) groups is 1. The quantitative estimate of drug-likeness (QED) is 0.370. The highest BCUT2D eigenvalue weighted by Crippen LogP contribution is 2.35. The van der Waals surface area contributed by atoms with Crippen molar-refractivity contribution in [2.45, 2.75) is 81.3 Å². The number of thiazole rings is 1. The fourth-order valence-corrected chi connectivity index (χ4v) is 6.29. The zero-order valence-electron chi connectivity index (χ0n) is 18.8. The van der Waals surface area contributed by atoms with Crippen LogP contribution in [0.5, 0.6) is 0 Å². The SMILES string of the molecule is CC(CCC(=O)NC=O)N1Cc2c(SCc3csc(CNC4CCCC4)n3)cccc2C1=O. The van der Waals surface area contributed by atoms with Gasteiger partial charge in [-0.2, -0.15) is 0 Å². The lowest BCUT2D eigenvalue weighted by molar-refractivity contribution is -0.125. The zero-order valence-corrected chi connectivity index (χ0v) is 20.5. The minimum Gasteiger partial charge on any atom is -0.332 e. The van der Waals surface area contributed by atoms with Gasteiger partial charge >= 0.3 is 0 Å². The molecule has 1 aromatic carbocycles. The summed E-state index contributed by atoms with van der Waals surface area (Å²) in [5.41, 5.74) is 2.86. The zero-order chi connectivity index (χ0) is 23.2. The standard InChI is InChI=1S/C24H30N4O3S2/c1-16(9-10-22(30)26-15-29)28-12-20-19(24(28)31)7-4-8-21(20)32-13-18-14-33-23(27-18)11-25-17-5-2-3-6-17/h4,7-8,14-17,25H,2-3,5-6,9-13H2,1H3,(H,26,29,30). The average molecular weight is 487 g/mol. The minimum atomic E-state index is -0.321. The molecule has 0 saturated heterocycles. The minimum absolute atomic E-state index is 0.00433. The highest BCUT2D eigenvalue weighted by Gasteiger charge is 2.32. The highest BCUT2D eigenvalue weighted by molar-refractivity contribution is 7.98. The molecule has 1 unspecified atom stereocenters. The number of nitrogens with one attached hydrogen (secondary N) is 2. The highest BCUT2D eigenvalue weighted by atomic mass is 32.2. The van der Waals surface area contributed by atoms with Crippen LogP contribution in [0.25, 0.3) is 0 Å². The van der Waals surface area contributed by atoms with Crippen molar-refractivity contribution in [1.29, 1.82) is 0 Å². The smallest absolute Gasteiger partial charge is 0.254 e. The molecular formula is C24H30N4O3S2. The van der Waals surface area contributed by atoms with Crippen LogP contribution < -0.4 is 10.6 Å². The van der Waals surface area contributed by atoms with Crippen LogP contribution >= 0.6 is 23.1 Å². The van der Waals surface area contributed by atoms with Crippen molar-refractivity contribution in [2.24, 2.45) is 0 Å². The maximum atomic E-state index is 13.0. The van der Waals surface area contributed by atoms with Gasteiger partial charge in [0.25, 0.3) is 5.91 Å². The van der Waals surface area contributed by atoms with E-state index in [4.69, 9.17) is 4.98 Å². The maximum Gasteiger partial charge on any atom is 0.254 e. The number of carbonyl (C=O) groups excluding carboxylic acids is 3. The van der Waals surface area contributed by atoms with Gasteiger partial charge in [-0.3, -0.25) is 19.7 Å². The first-order chi connectivity index (χ1) is 16.0. The van der Waals surface area contributed by atoms with E-state index < -0.39 is 0 Å². The summed E-state index contributed by atoms with van der Waals surface area (Å²) in [7, 11) is 0. The third-order valence-corrected chi connectivity index (χ3v) is 8.40. The fraction of sp³-hybridized carbons (Fsp3) is 0.500. The predicted octanol–water partition coefficient (Wildman–Crippen LogP) is 3.86. The second kappa shape index (κ2) is 11.3. The number of rotatable bonds is 11. The molecule has 0 spiro atoms. The van der Waals surface area contributed by atoms with Gasteiger partial charge in [-0.25, -0.2) is 4.98 Å². The summed E-state index contributed by atoms with van der Waals surface area (Å²) < 4.78 is 0. The number of imide groups is 1. The monoisotopic (exact) mass is 486 g/mol. The number of hydrogen-bond donors (Lipinski definition) is 2.